The third kappa shape index (κ3) is 7.56. The van der Waals surface area contributed by atoms with Crippen molar-refractivity contribution >= 4 is 27.5 Å². The summed E-state index contributed by atoms with van der Waals surface area (Å²) in [6.45, 7) is 5.44. The number of hydrogen-bond donors (Lipinski definition) is 1. The van der Waals surface area contributed by atoms with E-state index < -0.39 is 22.0 Å². The molecule has 1 fully saturated rings. The molecule has 0 radical (unpaired) electrons. The lowest BCUT2D eigenvalue weighted by atomic mass is 9.95. The zero-order valence-corrected chi connectivity index (χ0v) is 22.7. The maximum atomic E-state index is 13.7. The van der Waals surface area contributed by atoms with Gasteiger partial charge in [-0.2, -0.15) is 0 Å². The van der Waals surface area contributed by atoms with Gasteiger partial charge in [0.05, 0.1) is 11.9 Å². The number of carbonyl (C=O) groups excluding carboxylic acids is 2. The Labute approximate surface area is 215 Å². The van der Waals surface area contributed by atoms with Crippen LogP contribution in [0.2, 0.25) is 0 Å². The van der Waals surface area contributed by atoms with E-state index in [1.807, 2.05) is 56.3 Å². The minimum atomic E-state index is -3.73. The maximum Gasteiger partial charge on any atom is 0.244 e. The van der Waals surface area contributed by atoms with Gasteiger partial charge in [0.2, 0.25) is 21.8 Å². The smallest absolute Gasteiger partial charge is 0.244 e. The number of sulfonamides is 1. The molecule has 1 aliphatic rings. The van der Waals surface area contributed by atoms with Gasteiger partial charge in [-0.05, 0) is 57.2 Å². The van der Waals surface area contributed by atoms with E-state index in [1.54, 1.807) is 13.0 Å². The van der Waals surface area contributed by atoms with Gasteiger partial charge < -0.3 is 10.2 Å². The normalized spacial score (nSPS) is 15.2. The van der Waals surface area contributed by atoms with E-state index in [0.717, 1.165) is 52.9 Å². The maximum absolute atomic E-state index is 13.7. The van der Waals surface area contributed by atoms with Gasteiger partial charge in [-0.3, -0.25) is 13.9 Å². The third-order valence-corrected chi connectivity index (χ3v) is 8.03. The van der Waals surface area contributed by atoms with Crippen LogP contribution in [0, 0.1) is 13.8 Å². The van der Waals surface area contributed by atoms with Crippen LogP contribution in [0.5, 0.6) is 0 Å². The summed E-state index contributed by atoms with van der Waals surface area (Å²) < 4.78 is 26.6. The number of anilines is 1. The number of amides is 2. The highest BCUT2D eigenvalue weighted by molar-refractivity contribution is 7.92. The first-order valence-electron chi connectivity index (χ1n) is 12.7. The summed E-state index contributed by atoms with van der Waals surface area (Å²) in [6.07, 6.45) is 6.94. The van der Waals surface area contributed by atoms with Crippen molar-refractivity contribution in [3.63, 3.8) is 0 Å². The van der Waals surface area contributed by atoms with Gasteiger partial charge in [0.25, 0.3) is 0 Å². The second-order valence-corrected chi connectivity index (χ2v) is 11.8. The molecular formula is C28H39N3O4S. The van der Waals surface area contributed by atoms with Crippen LogP contribution in [0.1, 0.15) is 55.7 Å². The van der Waals surface area contributed by atoms with E-state index in [0.29, 0.717) is 18.7 Å². The molecule has 8 heteroatoms. The first kappa shape index (κ1) is 27.7. The molecule has 0 spiro atoms. The highest BCUT2D eigenvalue weighted by Gasteiger charge is 2.31. The number of carbonyl (C=O) groups is 2. The van der Waals surface area contributed by atoms with Crippen LogP contribution in [0.25, 0.3) is 0 Å². The molecule has 1 saturated carbocycles. The number of nitrogens with one attached hydrogen (secondary N) is 1. The van der Waals surface area contributed by atoms with Crippen LogP contribution in [0.4, 0.5) is 5.69 Å². The molecule has 36 heavy (non-hydrogen) atoms. The second-order valence-electron chi connectivity index (χ2n) is 9.90. The molecule has 0 aliphatic heterocycles. The van der Waals surface area contributed by atoms with Crippen molar-refractivity contribution in [3.8, 4) is 0 Å². The largest absolute Gasteiger partial charge is 0.352 e. The molecule has 2 aromatic rings. The van der Waals surface area contributed by atoms with E-state index in [1.165, 1.54) is 11.3 Å². The van der Waals surface area contributed by atoms with Crippen molar-refractivity contribution < 1.29 is 18.0 Å². The molecule has 0 heterocycles. The molecule has 2 amide bonds. The van der Waals surface area contributed by atoms with Gasteiger partial charge in [-0.25, -0.2) is 8.42 Å². The minimum absolute atomic E-state index is 0.127. The Bertz CT molecular complexity index is 1140. The molecule has 2 aromatic carbocycles. The van der Waals surface area contributed by atoms with Gasteiger partial charge >= 0.3 is 0 Å². The van der Waals surface area contributed by atoms with Crippen molar-refractivity contribution in [2.45, 2.75) is 71.4 Å². The fraction of sp³-hybridized carbons (Fsp3) is 0.500. The summed E-state index contributed by atoms with van der Waals surface area (Å²) in [6, 6.07) is 14.6. The lowest BCUT2D eigenvalue weighted by Gasteiger charge is -2.33. The lowest BCUT2D eigenvalue weighted by Crippen LogP contribution is -2.53. The first-order valence-corrected chi connectivity index (χ1v) is 14.6. The monoisotopic (exact) mass is 513 g/mol. The van der Waals surface area contributed by atoms with Gasteiger partial charge in [0.1, 0.15) is 12.6 Å². The van der Waals surface area contributed by atoms with Gasteiger partial charge in [-0.1, -0.05) is 67.3 Å². The summed E-state index contributed by atoms with van der Waals surface area (Å²) in [7, 11) is -3.73. The average Bonchev–Trinajstić information content (AvgIpc) is 2.83. The van der Waals surface area contributed by atoms with Crippen LogP contribution in [-0.2, 0) is 26.0 Å². The molecule has 3 rings (SSSR count). The van der Waals surface area contributed by atoms with Crippen LogP contribution in [0.3, 0.4) is 0 Å². The Kier molecular flexibility index (Phi) is 9.54. The zero-order chi connectivity index (χ0) is 26.3. The molecule has 0 saturated heterocycles. The van der Waals surface area contributed by atoms with Crippen molar-refractivity contribution in [1.82, 2.24) is 10.2 Å². The van der Waals surface area contributed by atoms with Crippen molar-refractivity contribution in [1.29, 1.82) is 0 Å². The predicted molar refractivity (Wildman–Crippen MR) is 144 cm³/mol. The van der Waals surface area contributed by atoms with Crippen molar-refractivity contribution in [3.05, 3.63) is 65.2 Å². The van der Waals surface area contributed by atoms with Gasteiger partial charge in [0, 0.05) is 12.6 Å². The van der Waals surface area contributed by atoms with Crippen LogP contribution in [-0.4, -0.2) is 56.6 Å². The number of hydrogen-bond acceptors (Lipinski definition) is 4. The Hall–Kier alpha value is -2.87. The van der Waals surface area contributed by atoms with Gasteiger partial charge in [0.15, 0.2) is 0 Å². The molecule has 0 bridgehead atoms. The molecule has 7 nitrogen and oxygen atoms in total. The number of rotatable bonds is 10. The first-order chi connectivity index (χ1) is 17.1. The molecule has 0 unspecified atom stereocenters. The number of aryl methyl sites for hydroxylation is 2. The van der Waals surface area contributed by atoms with Crippen molar-refractivity contribution in [2.24, 2.45) is 0 Å². The van der Waals surface area contributed by atoms with E-state index >= 15 is 0 Å². The minimum Gasteiger partial charge on any atom is -0.352 e. The summed E-state index contributed by atoms with van der Waals surface area (Å²) in [5.74, 6) is -0.594. The molecule has 1 atom stereocenters. The quantitative estimate of drug-likeness (QED) is 0.521. The third-order valence-electron chi connectivity index (χ3n) is 6.90. The van der Waals surface area contributed by atoms with E-state index in [4.69, 9.17) is 0 Å². The number of benzene rings is 2. The van der Waals surface area contributed by atoms with E-state index in [9.17, 15) is 18.0 Å². The summed E-state index contributed by atoms with van der Waals surface area (Å²) in [5, 5.41) is 3.12. The van der Waals surface area contributed by atoms with E-state index in [-0.39, 0.29) is 18.5 Å². The topological polar surface area (TPSA) is 86.8 Å². The SMILES string of the molecule is Cc1ccc(N(CC(=O)N(CCc2ccccc2)[C@@H](C)C(=O)NC2CCCCC2)S(C)(=O)=O)c(C)c1. The van der Waals surface area contributed by atoms with Gasteiger partial charge in [-0.15, -0.1) is 0 Å². The van der Waals surface area contributed by atoms with Crippen molar-refractivity contribution in [2.75, 3.05) is 23.7 Å². The molecular weight excluding hydrogens is 474 g/mol. The van der Waals surface area contributed by atoms with Crippen LogP contribution >= 0.6 is 0 Å². The highest BCUT2D eigenvalue weighted by atomic mass is 32.2. The Morgan fingerprint density at radius 3 is 2.31 bits per heavy atom. The fourth-order valence-corrected chi connectivity index (χ4v) is 5.73. The van der Waals surface area contributed by atoms with Crippen LogP contribution in [0.15, 0.2) is 48.5 Å². The molecule has 1 N–H and O–H groups in total. The predicted octanol–water partition coefficient (Wildman–Crippen LogP) is 3.98. The highest BCUT2D eigenvalue weighted by Crippen LogP contribution is 2.24. The lowest BCUT2D eigenvalue weighted by molar-refractivity contribution is -0.139. The Morgan fingerprint density at radius 2 is 1.69 bits per heavy atom. The Balaban J connectivity index is 1.83. The zero-order valence-electron chi connectivity index (χ0n) is 21.9. The standard InChI is InChI=1S/C28H39N3O4S/c1-21-15-16-26(22(2)19-21)31(36(4,34)35)20-27(32)30(18-17-24-11-7-5-8-12-24)23(3)28(33)29-25-13-9-6-10-14-25/h5,7-8,11-12,15-16,19,23,25H,6,9-10,13-14,17-18,20H2,1-4H3,(H,29,33)/t23-/m0/s1. The fourth-order valence-electron chi connectivity index (χ4n) is 4.82. The summed E-state index contributed by atoms with van der Waals surface area (Å²) in [4.78, 5) is 28.3. The molecule has 1 aliphatic carbocycles. The summed E-state index contributed by atoms with van der Waals surface area (Å²) >= 11 is 0. The Morgan fingerprint density at radius 1 is 1.03 bits per heavy atom. The average molecular weight is 514 g/mol. The van der Waals surface area contributed by atoms with E-state index in [2.05, 4.69) is 5.32 Å². The molecule has 0 aromatic heterocycles. The summed E-state index contributed by atoms with van der Waals surface area (Å²) in [5.41, 5.74) is 3.30. The second kappa shape index (κ2) is 12.4. The number of nitrogens with zero attached hydrogens (tertiary/aromatic N) is 2. The molecule has 196 valence electrons. The van der Waals surface area contributed by atoms with Crippen LogP contribution < -0.4 is 9.62 Å².